The summed E-state index contributed by atoms with van der Waals surface area (Å²) in [5.74, 6) is 0. The topological polar surface area (TPSA) is 43.7 Å². The molecule has 0 aliphatic carbocycles. The van der Waals surface area contributed by atoms with Crippen molar-refractivity contribution >= 4 is 0 Å². The highest BCUT2D eigenvalue weighted by molar-refractivity contribution is 4.57. The molecule has 0 saturated heterocycles. The lowest BCUT2D eigenvalue weighted by Crippen LogP contribution is -2.28. The molecule has 3 heteroatoms. The second-order valence-corrected chi connectivity index (χ2v) is 2.88. The Morgan fingerprint density at radius 3 is 2.18 bits per heavy atom. The number of hydrogen-bond donors (Lipinski definition) is 2. The molecule has 0 aromatic carbocycles. The maximum atomic E-state index is 8.70. The van der Waals surface area contributed by atoms with Crippen LogP contribution in [-0.4, -0.2) is 21.7 Å². The zero-order valence-electron chi connectivity index (χ0n) is 7.45. The molecule has 0 spiro atoms. The zero-order chi connectivity index (χ0) is 8.69. The highest BCUT2D eigenvalue weighted by atomic mass is 16.8. The van der Waals surface area contributed by atoms with Gasteiger partial charge in [0, 0.05) is 0 Å². The van der Waals surface area contributed by atoms with Gasteiger partial charge in [-0.1, -0.05) is 38.3 Å². The van der Waals surface area contributed by atoms with Gasteiger partial charge in [0.2, 0.25) is 0 Å². The van der Waals surface area contributed by atoms with Gasteiger partial charge in [0.05, 0.1) is 6.04 Å². The lowest BCUT2D eigenvalue weighted by molar-refractivity contribution is -0.333. The van der Waals surface area contributed by atoms with Crippen LogP contribution < -0.4 is 0 Å². The molecular weight excluding hydrogens is 142 g/mol. The first-order chi connectivity index (χ1) is 5.22. The fourth-order valence-corrected chi connectivity index (χ4v) is 1.11. The Labute approximate surface area is 68.6 Å². The lowest BCUT2D eigenvalue weighted by atomic mass is 10.1. The van der Waals surface area contributed by atoms with E-state index in [1.165, 1.54) is 12.8 Å². The fourth-order valence-electron chi connectivity index (χ4n) is 1.11. The van der Waals surface area contributed by atoms with Gasteiger partial charge in [0.15, 0.2) is 0 Å². The Hall–Kier alpha value is -0.120. The SMILES string of the molecule is CCCCCC(CC)N(O)O. The van der Waals surface area contributed by atoms with Crippen molar-refractivity contribution in [2.24, 2.45) is 0 Å². The summed E-state index contributed by atoms with van der Waals surface area (Å²) in [5.41, 5.74) is 0. The summed E-state index contributed by atoms with van der Waals surface area (Å²) < 4.78 is 0. The summed E-state index contributed by atoms with van der Waals surface area (Å²) in [5, 5.41) is 17.7. The molecule has 2 N–H and O–H groups in total. The molecule has 0 aliphatic rings. The van der Waals surface area contributed by atoms with Gasteiger partial charge in [-0.15, -0.1) is 0 Å². The molecule has 0 heterocycles. The predicted octanol–water partition coefficient (Wildman–Crippen LogP) is 2.43. The van der Waals surface area contributed by atoms with E-state index in [-0.39, 0.29) is 6.04 Å². The molecule has 0 amide bonds. The molecular formula is C8H19NO2. The Kier molecular flexibility index (Phi) is 6.51. The van der Waals surface area contributed by atoms with Gasteiger partial charge in [0.1, 0.15) is 0 Å². The average Bonchev–Trinajstić information content (AvgIpc) is 1.97. The van der Waals surface area contributed by atoms with E-state index in [4.69, 9.17) is 10.4 Å². The Morgan fingerprint density at radius 2 is 1.82 bits per heavy atom. The first-order valence-corrected chi connectivity index (χ1v) is 4.39. The molecule has 11 heavy (non-hydrogen) atoms. The lowest BCUT2D eigenvalue weighted by Gasteiger charge is -2.18. The summed E-state index contributed by atoms with van der Waals surface area (Å²) in [4.78, 5) is 0. The summed E-state index contributed by atoms with van der Waals surface area (Å²) in [6.07, 6.45) is 5.08. The first-order valence-electron chi connectivity index (χ1n) is 4.39. The van der Waals surface area contributed by atoms with Crippen LogP contribution in [0, 0.1) is 0 Å². The monoisotopic (exact) mass is 161 g/mol. The molecule has 68 valence electrons. The van der Waals surface area contributed by atoms with Gasteiger partial charge < -0.3 is 0 Å². The molecule has 0 aromatic rings. The smallest absolute Gasteiger partial charge is 0.0621 e. The van der Waals surface area contributed by atoms with Crippen molar-refractivity contribution in [3.8, 4) is 0 Å². The molecule has 0 saturated carbocycles. The van der Waals surface area contributed by atoms with Gasteiger partial charge in [-0.3, -0.25) is 10.4 Å². The van der Waals surface area contributed by atoms with E-state index in [2.05, 4.69) is 6.92 Å². The molecule has 3 nitrogen and oxygen atoms in total. The van der Waals surface area contributed by atoms with E-state index < -0.39 is 0 Å². The molecule has 0 rings (SSSR count). The fraction of sp³-hybridized carbons (Fsp3) is 1.00. The molecule has 0 aliphatic heterocycles. The molecule has 0 bridgehead atoms. The molecule has 1 unspecified atom stereocenters. The van der Waals surface area contributed by atoms with Crippen molar-refractivity contribution in [2.75, 3.05) is 0 Å². The van der Waals surface area contributed by atoms with Crippen LogP contribution >= 0.6 is 0 Å². The van der Waals surface area contributed by atoms with Crippen LogP contribution in [0.25, 0.3) is 0 Å². The standard InChI is InChI=1S/C8H19NO2/c1-3-5-6-7-8(4-2)9(10)11/h8,10-11H,3-7H2,1-2H3. The van der Waals surface area contributed by atoms with Crippen LogP contribution in [0.1, 0.15) is 46.0 Å². The van der Waals surface area contributed by atoms with Crippen molar-refractivity contribution in [1.29, 1.82) is 0 Å². The number of hydroxylamine groups is 2. The van der Waals surface area contributed by atoms with Crippen LogP contribution in [-0.2, 0) is 0 Å². The van der Waals surface area contributed by atoms with Crippen molar-refractivity contribution in [1.82, 2.24) is 5.23 Å². The maximum absolute atomic E-state index is 8.70. The van der Waals surface area contributed by atoms with Crippen molar-refractivity contribution in [2.45, 2.75) is 52.0 Å². The second kappa shape index (κ2) is 6.58. The minimum atomic E-state index is -0.0819. The number of hydrogen-bond acceptors (Lipinski definition) is 3. The Balaban J connectivity index is 3.36. The first kappa shape index (κ1) is 10.9. The number of rotatable bonds is 6. The van der Waals surface area contributed by atoms with E-state index >= 15 is 0 Å². The Morgan fingerprint density at radius 1 is 1.18 bits per heavy atom. The summed E-state index contributed by atoms with van der Waals surface area (Å²) in [6.45, 7) is 4.09. The van der Waals surface area contributed by atoms with E-state index in [0.717, 1.165) is 19.3 Å². The van der Waals surface area contributed by atoms with E-state index in [1.54, 1.807) is 0 Å². The Bertz CT molecular complexity index is 86.2. The van der Waals surface area contributed by atoms with Gasteiger partial charge in [-0.2, -0.15) is 0 Å². The largest absolute Gasteiger partial charge is 0.289 e. The summed E-state index contributed by atoms with van der Waals surface area (Å²) in [6, 6.07) is -0.0819. The molecule has 0 aromatic heterocycles. The van der Waals surface area contributed by atoms with Crippen molar-refractivity contribution in [3.63, 3.8) is 0 Å². The summed E-state index contributed by atoms with van der Waals surface area (Å²) in [7, 11) is 0. The maximum Gasteiger partial charge on any atom is 0.0621 e. The third-order valence-electron chi connectivity index (χ3n) is 1.94. The third-order valence-corrected chi connectivity index (χ3v) is 1.94. The van der Waals surface area contributed by atoms with Crippen LogP contribution in [0.4, 0.5) is 0 Å². The number of unbranched alkanes of at least 4 members (excludes halogenated alkanes) is 2. The predicted molar refractivity (Wildman–Crippen MR) is 43.6 cm³/mol. The van der Waals surface area contributed by atoms with Crippen molar-refractivity contribution in [3.05, 3.63) is 0 Å². The molecule has 0 radical (unpaired) electrons. The van der Waals surface area contributed by atoms with Crippen LogP contribution in [0.5, 0.6) is 0 Å². The molecule has 0 fully saturated rings. The second-order valence-electron chi connectivity index (χ2n) is 2.88. The molecule has 1 atom stereocenters. The van der Waals surface area contributed by atoms with Gasteiger partial charge in [-0.25, -0.2) is 0 Å². The van der Waals surface area contributed by atoms with Crippen molar-refractivity contribution < 1.29 is 10.4 Å². The summed E-state index contributed by atoms with van der Waals surface area (Å²) >= 11 is 0. The van der Waals surface area contributed by atoms with E-state index in [9.17, 15) is 0 Å². The van der Waals surface area contributed by atoms with Gasteiger partial charge in [-0.05, 0) is 12.8 Å². The minimum absolute atomic E-state index is 0.0819. The number of nitrogens with zero attached hydrogens (tertiary/aromatic N) is 1. The minimum Gasteiger partial charge on any atom is -0.289 e. The van der Waals surface area contributed by atoms with E-state index in [1.807, 2.05) is 6.92 Å². The van der Waals surface area contributed by atoms with Crippen LogP contribution in [0.3, 0.4) is 0 Å². The zero-order valence-corrected chi connectivity index (χ0v) is 7.45. The van der Waals surface area contributed by atoms with Crippen LogP contribution in [0.15, 0.2) is 0 Å². The quantitative estimate of drug-likeness (QED) is 0.464. The van der Waals surface area contributed by atoms with Gasteiger partial charge >= 0.3 is 0 Å². The highest BCUT2D eigenvalue weighted by Crippen LogP contribution is 2.09. The third kappa shape index (κ3) is 5.18. The highest BCUT2D eigenvalue weighted by Gasteiger charge is 2.10. The van der Waals surface area contributed by atoms with E-state index in [0.29, 0.717) is 5.23 Å². The van der Waals surface area contributed by atoms with Crippen LogP contribution in [0.2, 0.25) is 0 Å². The van der Waals surface area contributed by atoms with Gasteiger partial charge in [0.25, 0.3) is 0 Å². The normalized spacial score (nSPS) is 13.9. The average molecular weight is 161 g/mol.